The fraction of sp³-hybridized carbons (Fsp3) is 0.273. The van der Waals surface area contributed by atoms with Crippen LogP contribution < -0.4 is 11.1 Å². The number of benzene rings is 1. The zero-order valence-corrected chi connectivity index (χ0v) is 10.1. The third-order valence-electron chi connectivity index (χ3n) is 2.42. The van der Waals surface area contributed by atoms with Crippen molar-refractivity contribution in [2.45, 2.75) is 19.4 Å². The number of nitro groups is 1. The molecule has 1 rings (SSSR count). The molecule has 1 amide bonds. The Hall–Kier alpha value is -2.48. The van der Waals surface area contributed by atoms with Gasteiger partial charge in [0.25, 0.3) is 5.69 Å². The summed E-state index contributed by atoms with van der Waals surface area (Å²) in [6.45, 7) is 1.65. The van der Waals surface area contributed by atoms with Crippen LogP contribution in [0, 0.1) is 17.0 Å². The van der Waals surface area contributed by atoms with Crippen LogP contribution in [0.25, 0.3) is 0 Å². The molecular weight excluding hydrogens is 254 g/mol. The number of nitrogens with two attached hydrogens (primary N) is 1. The van der Waals surface area contributed by atoms with E-state index in [0.29, 0.717) is 5.56 Å². The highest BCUT2D eigenvalue weighted by Gasteiger charge is 2.18. The van der Waals surface area contributed by atoms with Crippen LogP contribution in [-0.2, 0) is 9.59 Å². The minimum absolute atomic E-state index is 0.173. The number of carbonyl (C=O) groups excluding carboxylic acids is 1. The van der Waals surface area contributed by atoms with Gasteiger partial charge in [-0.2, -0.15) is 0 Å². The Balaban J connectivity index is 2.86. The Morgan fingerprint density at radius 1 is 1.53 bits per heavy atom. The molecule has 8 heteroatoms. The summed E-state index contributed by atoms with van der Waals surface area (Å²) < 4.78 is 0. The lowest BCUT2D eigenvalue weighted by Crippen LogP contribution is -2.37. The van der Waals surface area contributed by atoms with Crippen molar-refractivity contribution in [1.82, 2.24) is 0 Å². The molecule has 0 aliphatic heterocycles. The predicted molar refractivity (Wildman–Crippen MR) is 66.7 cm³/mol. The van der Waals surface area contributed by atoms with Gasteiger partial charge in [0.1, 0.15) is 0 Å². The second-order valence-corrected chi connectivity index (χ2v) is 3.95. The summed E-state index contributed by atoms with van der Waals surface area (Å²) in [5.41, 5.74) is 6.06. The lowest BCUT2D eigenvalue weighted by atomic mass is 10.1. The van der Waals surface area contributed by atoms with Crippen molar-refractivity contribution in [3.8, 4) is 0 Å². The number of nitro benzene ring substituents is 1. The van der Waals surface area contributed by atoms with Gasteiger partial charge < -0.3 is 16.2 Å². The summed E-state index contributed by atoms with van der Waals surface area (Å²) in [6, 6.07) is 2.77. The van der Waals surface area contributed by atoms with Gasteiger partial charge in [0, 0.05) is 12.1 Å². The molecule has 0 saturated heterocycles. The van der Waals surface area contributed by atoms with Gasteiger partial charge in [-0.15, -0.1) is 0 Å². The lowest BCUT2D eigenvalue weighted by Gasteiger charge is -2.11. The van der Waals surface area contributed by atoms with Crippen LogP contribution in [0.1, 0.15) is 12.0 Å². The van der Waals surface area contributed by atoms with Crippen molar-refractivity contribution in [3.05, 3.63) is 33.9 Å². The Morgan fingerprint density at radius 2 is 2.16 bits per heavy atom. The number of aliphatic carboxylic acids is 1. The fourth-order valence-corrected chi connectivity index (χ4v) is 1.36. The number of carboxylic acids is 1. The minimum Gasteiger partial charge on any atom is -0.481 e. The number of hydrogen-bond donors (Lipinski definition) is 3. The van der Waals surface area contributed by atoms with E-state index in [4.69, 9.17) is 10.8 Å². The second-order valence-electron chi connectivity index (χ2n) is 3.95. The fourth-order valence-electron chi connectivity index (χ4n) is 1.36. The molecule has 0 fully saturated rings. The molecule has 4 N–H and O–H groups in total. The van der Waals surface area contributed by atoms with Crippen LogP contribution in [0.3, 0.4) is 0 Å². The highest BCUT2D eigenvalue weighted by molar-refractivity contribution is 5.97. The first-order chi connectivity index (χ1) is 8.81. The van der Waals surface area contributed by atoms with Crippen LogP contribution in [0.2, 0.25) is 0 Å². The number of nitrogens with one attached hydrogen (secondary N) is 1. The third-order valence-corrected chi connectivity index (χ3v) is 2.42. The van der Waals surface area contributed by atoms with Crippen molar-refractivity contribution in [2.24, 2.45) is 5.73 Å². The molecule has 0 spiro atoms. The Bertz CT molecular complexity index is 529. The van der Waals surface area contributed by atoms with Crippen molar-refractivity contribution in [3.63, 3.8) is 0 Å². The SMILES string of the molecule is Cc1ccc([N+](=O)[O-])cc1NC(=O)C(N)CC(=O)O. The van der Waals surface area contributed by atoms with E-state index in [0.717, 1.165) is 0 Å². The van der Waals surface area contributed by atoms with Crippen molar-refractivity contribution >= 4 is 23.3 Å². The standard InChI is InChI=1S/C11H13N3O5/c1-6-2-3-7(14(18)19)4-9(6)13-11(17)8(12)5-10(15)16/h2-4,8H,5,12H2,1H3,(H,13,17)(H,15,16). The van der Waals surface area contributed by atoms with Crippen LogP contribution in [0.15, 0.2) is 18.2 Å². The smallest absolute Gasteiger partial charge is 0.305 e. The topological polar surface area (TPSA) is 136 Å². The van der Waals surface area contributed by atoms with E-state index in [1.807, 2.05) is 0 Å². The van der Waals surface area contributed by atoms with Gasteiger partial charge in [-0.1, -0.05) is 6.07 Å². The normalized spacial score (nSPS) is 11.7. The quantitative estimate of drug-likeness (QED) is 0.529. The highest BCUT2D eigenvalue weighted by atomic mass is 16.6. The first-order valence-electron chi connectivity index (χ1n) is 5.34. The van der Waals surface area contributed by atoms with Crippen molar-refractivity contribution in [2.75, 3.05) is 5.32 Å². The Morgan fingerprint density at radius 3 is 2.68 bits per heavy atom. The first kappa shape index (κ1) is 14.6. The molecule has 0 aliphatic carbocycles. The van der Waals surface area contributed by atoms with E-state index in [1.54, 1.807) is 6.92 Å². The largest absolute Gasteiger partial charge is 0.481 e. The summed E-state index contributed by atoms with van der Waals surface area (Å²) in [4.78, 5) is 32.1. The van der Waals surface area contributed by atoms with E-state index in [9.17, 15) is 19.7 Å². The monoisotopic (exact) mass is 267 g/mol. The first-order valence-corrected chi connectivity index (χ1v) is 5.34. The number of carbonyl (C=O) groups is 2. The lowest BCUT2D eigenvalue weighted by molar-refractivity contribution is -0.384. The van der Waals surface area contributed by atoms with Crippen LogP contribution in [0.5, 0.6) is 0 Å². The molecule has 8 nitrogen and oxygen atoms in total. The number of hydrogen-bond acceptors (Lipinski definition) is 5. The molecule has 0 aliphatic rings. The van der Waals surface area contributed by atoms with Gasteiger partial charge in [0.2, 0.25) is 5.91 Å². The number of aryl methyl sites for hydroxylation is 1. The predicted octanol–water partition coefficient (Wildman–Crippen LogP) is 0.644. The van der Waals surface area contributed by atoms with Crippen molar-refractivity contribution < 1.29 is 19.6 Å². The molecule has 1 aromatic rings. The maximum atomic E-state index is 11.6. The second kappa shape index (κ2) is 5.91. The summed E-state index contributed by atoms with van der Waals surface area (Å²) in [5.74, 6) is -1.90. The van der Waals surface area contributed by atoms with E-state index >= 15 is 0 Å². The zero-order valence-electron chi connectivity index (χ0n) is 10.1. The molecule has 1 unspecified atom stereocenters. The Labute approximate surface area is 108 Å². The van der Waals surface area contributed by atoms with Crippen LogP contribution in [0.4, 0.5) is 11.4 Å². The third kappa shape index (κ3) is 4.03. The maximum Gasteiger partial charge on any atom is 0.305 e. The van der Waals surface area contributed by atoms with Crippen molar-refractivity contribution in [1.29, 1.82) is 0 Å². The highest BCUT2D eigenvalue weighted by Crippen LogP contribution is 2.21. The number of amides is 1. The van der Waals surface area contributed by atoms with E-state index < -0.39 is 29.3 Å². The maximum absolute atomic E-state index is 11.6. The molecule has 0 aromatic heterocycles. The van der Waals surface area contributed by atoms with Gasteiger partial charge in [-0.05, 0) is 12.5 Å². The molecule has 0 heterocycles. The molecule has 0 saturated carbocycles. The van der Waals surface area contributed by atoms with Gasteiger partial charge in [-0.25, -0.2) is 0 Å². The van der Waals surface area contributed by atoms with E-state index in [1.165, 1.54) is 18.2 Å². The molecular formula is C11H13N3O5. The van der Waals surface area contributed by atoms with E-state index in [2.05, 4.69) is 5.32 Å². The molecule has 1 aromatic carbocycles. The van der Waals surface area contributed by atoms with Gasteiger partial charge in [0.05, 0.1) is 23.1 Å². The summed E-state index contributed by atoms with van der Waals surface area (Å²) in [5, 5.41) is 21.5. The van der Waals surface area contributed by atoms with Gasteiger partial charge in [-0.3, -0.25) is 19.7 Å². The molecule has 102 valence electrons. The average molecular weight is 267 g/mol. The van der Waals surface area contributed by atoms with Gasteiger partial charge >= 0.3 is 5.97 Å². The number of nitrogens with zero attached hydrogens (tertiary/aromatic N) is 1. The Kier molecular flexibility index (Phi) is 4.54. The van der Waals surface area contributed by atoms with E-state index in [-0.39, 0.29) is 11.4 Å². The zero-order chi connectivity index (χ0) is 14.6. The number of rotatable bonds is 5. The summed E-state index contributed by atoms with van der Waals surface area (Å²) in [7, 11) is 0. The molecule has 0 bridgehead atoms. The minimum atomic E-state index is -1.21. The number of anilines is 1. The van der Waals surface area contributed by atoms with Crippen LogP contribution in [-0.4, -0.2) is 27.9 Å². The average Bonchev–Trinajstić information content (AvgIpc) is 2.30. The molecule has 1 atom stereocenters. The number of non-ortho nitro benzene ring substituents is 1. The molecule has 19 heavy (non-hydrogen) atoms. The van der Waals surface area contributed by atoms with Gasteiger partial charge in [0.15, 0.2) is 0 Å². The number of carboxylic acid groups (broad SMARTS) is 1. The molecule has 0 radical (unpaired) electrons. The summed E-state index contributed by atoms with van der Waals surface area (Å²) >= 11 is 0. The summed E-state index contributed by atoms with van der Waals surface area (Å²) in [6.07, 6.45) is -0.514. The van der Waals surface area contributed by atoms with Crippen LogP contribution >= 0.6 is 0 Å².